The Morgan fingerprint density at radius 3 is 2.00 bits per heavy atom. The zero-order valence-corrected chi connectivity index (χ0v) is 14.8. The van der Waals surface area contributed by atoms with Crippen LogP contribution in [0.1, 0.15) is 20.9 Å². The van der Waals surface area contributed by atoms with E-state index in [-0.39, 0.29) is 11.5 Å². The predicted octanol–water partition coefficient (Wildman–Crippen LogP) is 4.73. The Kier molecular flexibility index (Phi) is 5.87. The van der Waals surface area contributed by atoms with E-state index in [4.69, 9.17) is 4.42 Å². The molecule has 9 heteroatoms. The third-order valence-electron chi connectivity index (χ3n) is 3.66. The molecule has 0 aliphatic carbocycles. The molecule has 0 spiro atoms. The highest BCUT2D eigenvalue weighted by Gasteiger charge is 2.28. The smallest absolute Gasteiger partial charge is 0.422 e. The normalized spacial score (nSPS) is 11.0. The Bertz CT molecular complexity index is 966. The van der Waals surface area contributed by atoms with Gasteiger partial charge in [-0.1, -0.05) is 0 Å². The lowest BCUT2D eigenvalue weighted by atomic mass is 10.2. The third-order valence-corrected chi connectivity index (χ3v) is 3.66. The van der Waals surface area contributed by atoms with Crippen LogP contribution in [0.4, 0.5) is 24.5 Å². The number of carbonyl (C=O) groups is 2. The SMILES string of the molecule is O=C(Nc1ccc(OCC(F)(F)F)cc1)c1ccc(NC(=O)c2ccco2)cc1. The van der Waals surface area contributed by atoms with E-state index in [0.29, 0.717) is 16.9 Å². The number of hydrogen-bond donors (Lipinski definition) is 2. The van der Waals surface area contributed by atoms with Gasteiger partial charge in [0.2, 0.25) is 0 Å². The van der Waals surface area contributed by atoms with Gasteiger partial charge in [-0.2, -0.15) is 13.2 Å². The number of halogens is 3. The molecule has 1 aromatic heterocycles. The monoisotopic (exact) mass is 404 g/mol. The number of hydrogen-bond acceptors (Lipinski definition) is 4. The Hall–Kier alpha value is -3.75. The van der Waals surface area contributed by atoms with Crippen LogP contribution in [0.5, 0.6) is 5.75 Å². The summed E-state index contributed by atoms with van der Waals surface area (Å²) in [5, 5.41) is 5.25. The van der Waals surface area contributed by atoms with Crippen LogP contribution in [0.3, 0.4) is 0 Å². The van der Waals surface area contributed by atoms with Crippen molar-refractivity contribution in [3.8, 4) is 5.75 Å². The fourth-order valence-corrected chi connectivity index (χ4v) is 2.31. The first kappa shape index (κ1) is 20.0. The molecule has 3 rings (SSSR count). The number of nitrogens with one attached hydrogen (secondary N) is 2. The average molecular weight is 404 g/mol. The van der Waals surface area contributed by atoms with E-state index < -0.39 is 24.6 Å². The molecule has 2 aromatic carbocycles. The molecule has 6 nitrogen and oxygen atoms in total. The van der Waals surface area contributed by atoms with Crippen molar-refractivity contribution in [3.63, 3.8) is 0 Å². The van der Waals surface area contributed by atoms with E-state index in [1.807, 2.05) is 0 Å². The van der Waals surface area contributed by atoms with E-state index >= 15 is 0 Å². The Balaban J connectivity index is 1.56. The van der Waals surface area contributed by atoms with Crippen LogP contribution in [0.2, 0.25) is 0 Å². The lowest BCUT2D eigenvalue weighted by Gasteiger charge is -2.10. The molecule has 0 fully saturated rings. The van der Waals surface area contributed by atoms with Gasteiger partial charge in [0, 0.05) is 16.9 Å². The van der Waals surface area contributed by atoms with Gasteiger partial charge in [-0.05, 0) is 60.7 Å². The van der Waals surface area contributed by atoms with Crippen molar-refractivity contribution in [3.05, 3.63) is 78.3 Å². The van der Waals surface area contributed by atoms with E-state index in [0.717, 1.165) is 0 Å². The van der Waals surface area contributed by atoms with Gasteiger partial charge in [0.25, 0.3) is 11.8 Å². The van der Waals surface area contributed by atoms with Crippen LogP contribution in [0.25, 0.3) is 0 Å². The van der Waals surface area contributed by atoms with Crippen molar-refractivity contribution in [1.29, 1.82) is 0 Å². The summed E-state index contributed by atoms with van der Waals surface area (Å²) >= 11 is 0. The Morgan fingerprint density at radius 2 is 1.45 bits per heavy atom. The van der Waals surface area contributed by atoms with Crippen molar-refractivity contribution in [1.82, 2.24) is 0 Å². The van der Waals surface area contributed by atoms with Crippen LogP contribution in [0, 0.1) is 0 Å². The molecule has 0 aliphatic heterocycles. The first-order chi connectivity index (χ1) is 13.8. The minimum Gasteiger partial charge on any atom is -0.484 e. The highest BCUT2D eigenvalue weighted by molar-refractivity contribution is 6.05. The summed E-state index contributed by atoms with van der Waals surface area (Å²) in [6, 6.07) is 14.8. The molecule has 0 saturated heterocycles. The molecule has 0 unspecified atom stereocenters. The Morgan fingerprint density at radius 1 is 0.862 bits per heavy atom. The molecule has 2 N–H and O–H groups in total. The van der Waals surface area contributed by atoms with Gasteiger partial charge in [0.05, 0.1) is 6.26 Å². The van der Waals surface area contributed by atoms with E-state index in [1.54, 1.807) is 18.2 Å². The van der Waals surface area contributed by atoms with Crippen LogP contribution < -0.4 is 15.4 Å². The second-order valence-corrected chi connectivity index (χ2v) is 5.89. The van der Waals surface area contributed by atoms with Crippen LogP contribution in [-0.2, 0) is 0 Å². The van der Waals surface area contributed by atoms with Gasteiger partial charge in [0.1, 0.15) is 5.75 Å². The molecule has 3 aromatic rings. The minimum atomic E-state index is -4.42. The second-order valence-electron chi connectivity index (χ2n) is 5.89. The van der Waals surface area contributed by atoms with Gasteiger partial charge in [0.15, 0.2) is 12.4 Å². The highest BCUT2D eigenvalue weighted by atomic mass is 19.4. The highest BCUT2D eigenvalue weighted by Crippen LogP contribution is 2.21. The molecule has 150 valence electrons. The topological polar surface area (TPSA) is 80.6 Å². The molecular weight excluding hydrogens is 389 g/mol. The maximum Gasteiger partial charge on any atom is 0.422 e. The van der Waals surface area contributed by atoms with Crippen LogP contribution >= 0.6 is 0 Å². The number of alkyl halides is 3. The number of furan rings is 1. The Labute approximate surface area is 163 Å². The van der Waals surface area contributed by atoms with Crippen molar-refractivity contribution >= 4 is 23.2 Å². The minimum absolute atomic E-state index is 0.0389. The standard InChI is InChI=1S/C20H15F3N2O4/c21-20(22,23)12-29-16-9-7-15(8-10-16)24-18(26)13-3-5-14(6-4-13)25-19(27)17-2-1-11-28-17/h1-11H,12H2,(H,24,26)(H,25,27). The summed E-state index contributed by atoms with van der Waals surface area (Å²) < 4.78 is 46.0. The quantitative estimate of drug-likeness (QED) is 0.623. The summed E-state index contributed by atoms with van der Waals surface area (Å²) in [4.78, 5) is 24.2. The fourth-order valence-electron chi connectivity index (χ4n) is 2.31. The number of rotatable bonds is 6. The number of amides is 2. The molecule has 0 atom stereocenters. The average Bonchev–Trinajstić information content (AvgIpc) is 3.22. The summed E-state index contributed by atoms with van der Waals surface area (Å²) in [5.41, 5.74) is 1.21. The first-order valence-electron chi connectivity index (χ1n) is 8.36. The third kappa shape index (κ3) is 5.86. The van der Waals surface area contributed by atoms with E-state index in [2.05, 4.69) is 15.4 Å². The van der Waals surface area contributed by atoms with Crippen molar-refractivity contribution in [2.45, 2.75) is 6.18 Å². The van der Waals surface area contributed by atoms with Gasteiger partial charge in [-0.25, -0.2) is 0 Å². The summed E-state index contributed by atoms with van der Waals surface area (Å²) in [6.45, 7) is -1.39. The fraction of sp³-hybridized carbons (Fsp3) is 0.100. The van der Waals surface area contributed by atoms with Crippen LogP contribution in [0.15, 0.2) is 71.3 Å². The zero-order valence-electron chi connectivity index (χ0n) is 14.8. The lowest BCUT2D eigenvalue weighted by molar-refractivity contribution is -0.153. The molecule has 0 radical (unpaired) electrons. The van der Waals surface area contributed by atoms with E-state index in [9.17, 15) is 22.8 Å². The van der Waals surface area contributed by atoms with Gasteiger partial charge >= 0.3 is 6.18 Å². The van der Waals surface area contributed by atoms with Gasteiger partial charge in [-0.3, -0.25) is 9.59 Å². The maximum atomic E-state index is 12.3. The number of ether oxygens (including phenoxy) is 1. The molecule has 0 saturated carbocycles. The molecule has 0 aliphatic rings. The number of carbonyl (C=O) groups excluding carboxylic acids is 2. The molecular formula is C20H15F3N2O4. The molecule has 29 heavy (non-hydrogen) atoms. The summed E-state index contributed by atoms with van der Waals surface area (Å²) in [5.74, 6) is -0.635. The van der Waals surface area contributed by atoms with Crippen molar-refractivity contribution < 1.29 is 31.9 Å². The van der Waals surface area contributed by atoms with Crippen molar-refractivity contribution in [2.75, 3.05) is 17.2 Å². The zero-order chi connectivity index (χ0) is 20.9. The van der Waals surface area contributed by atoms with Crippen LogP contribution in [-0.4, -0.2) is 24.6 Å². The largest absolute Gasteiger partial charge is 0.484 e. The summed E-state index contributed by atoms with van der Waals surface area (Å²) in [6.07, 6.45) is -3.03. The molecule has 1 heterocycles. The number of anilines is 2. The van der Waals surface area contributed by atoms with Gasteiger partial charge in [-0.15, -0.1) is 0 Å². The van der Waals surface area contributed by atoms with Gasteiger partial charge < -0.3 is 19.8 Å². The summed E-state index contributed by atoms with van der Waals surface area (Å²) in [7, 11) is 0. The first-order valence-corrected chi connectivity index (χ1v) is 8.36. The lowest BCUT2D eigenvalue weighted by Crippen LogP contribution is -2.19. The maximum absolute atomic E-state index is 12.3. The molecule has 0 bridgehead atoms. The number of benzene rings is 2. The predicted molar refractivity (Wildman–Crippen MR) is 99.0 cm³/mol. The molecule has 2 amide bonds. The second kappa shape index (κ2) is 8.51. The van der Waals surface area contributed by atoms with E-state index in [1.165, 1.54) is 48.7 Å². The van der Waals surface area contributed by atoms with Crippen molar-refractivity contribution in [2.24, 2.45) is 0 Å².